The fourth-order valence-corrected chi connectivity index (χ4v) is 1.79. The second kappa shape index (κ2) is 4.02. The monoisotopic (exact) mass is 248 g/mol. The van der Waals surface area contributed by atoms with Gasteiger partial charge in [-0.2, -0.15) is 8.42 Å². The summed E-state index contributed by atoms with van der Waals surface area (Å²) in [6.45, 7) is 1.60. The molecule has 0 amide bonds. The molecule has 0 atom stereocenters. The van der Waals surface area contributed by atoms with E-state index in [1.165, 1.54) is 0 Å². The maximum Gasteiger partial charge on any atom is 0.308 e. The van der Waals surface area contributed by atoms with E-state index >= 15 is 0 Å². The first-order valence-corrected chi connectivity index (χ1v) is 5.56. The Morgan fingerprint density at radius 3 is 2.60 bits per heavy atom. The van der Waals surface area contributed by atoms with Gasteiger partial charge in [-0.05, 0) is 30.0 Å². The number of rotatable bonds is 2. The first kappa shape index (κ1) is 11.7. The third-order valence-electron chi connectivity index (χ3n) is 1.79. The summed E-state index contributed by atoms with van der Waals surface area (Å²) in [4.78, 5) is -0.371. The Hall–Kier alpha value is -1.36. The van der Waals surface area contributed by atoms with Crippen LogP contribution >= 0.6 is 11.6 Å². The number of hydrogen-bond acceptors (Lipinski definition) is 4. The molecule has 2 N–H and O–H groups in total. The third-order valence-corrected chi connectivity index (χ3v) is 3.01. The predicted octanol–water partition coefficient (Wildman–Crippen LogP) is 2.08. The third kappa shape index (κ3) is 2.56. The van der Waals surface area contributed by atoms with E-state index in [4.69, 9.17) is 21.5 Å². The minimum absolute atomic E-state index is 0.135. The second-order valence-corrected chi connectivity index (χ2v) is 4.59. The van der Waals surface area contributed by atoms with Crippen LogP contribution in [0.15, 0.2) is 17.0 Å². The van der Waals surface area contributed by atoms with Gasteiger partial charge in [0.05, 0.1) is 4.90 Å². The SMILES string of the molecule is Cc1c(Cl)cc(S(=O)(=O)O)cc1N[N+]#N. The summed E-state index contributed by atoms with van der Waals surface area (Å²) in [5.41, 5.74) is 2.84. The summed E-state index contributed by atoms with van der Waals surface area (Å²) in [6.07, 6.45) is 0. The standard InChI is InChI=1S/C7H6ClN3O3S/c1-4-6(8)2-5(15(12,13)14)3-7(4)10-11-9/h2-3,10H,1H3/p+1. The minimum atomic E-state index is -4.33. The zero-order valence-corrected chi connectivity index (χ0v) is 9.17. The van der Waals surface area contributed by atoms with Crippen LogP contribution in [0.5, 0.6) is 0 Å². The Morgan fingerprint density at radius 1 is 1.53 bits per heavy atom. The Labute approximate surface area is 91.2 Å². The number of nitrogens with zero attached hydrogens (tertiary/aromatic N) is 2. The molecule has 1 rings (SSSR count). The van der Waals surface area contributed by atoms with Crippen LogP contribution in [-0.4, -0.2) is 13.0 Å². The van der Waals surface area contributed by atoms with Crippen LogP contribution in [-0.2, 0) is 10.1 Å². The predicted molar refractivity (Wildman–Crippen MR) is 54.7 cm³/mol. The molecule has 0 aromatic heterocycles. The van der Waals surface area contributed by atoms with Crippen molar-refractivity contribution >= 4 is 27.4 Å². The van der Waals surface area contributed by atoms with Crippen molar-refractivity contribution < 1.29 is 13.0 Å². The number of anilines is 1. The molecule has 0 aliphatic heterocycles. The van der Waals surface area contributed by atoms with Crippen molar-refractivity contribution in [3.05, 3.63) is 27.8 Å². The first-order valence-electron chi connectivity index (χ1n) is 3.74. The maximum atomic E-state index is 10.8. The summed E-state index contributed by atoms with van der Waals surface area (Å²) < 4.78 is 30.4. The number of diazo groups is 1. The lowest BCUT2D eigenvalue weighted by Gasteiger charge is -2.03. The fraction of sp³-hybridized carbons (Fsp3) is 0.143. The van der Waals surface area contributed by atoms with Gasteiger partial charge >= 0.3 is 5.08 Å². The Balaban J connectivity index is 3.44. The molecule has 0 aliphatic carbocycles. The van der Waals surface area contributed by atoms with Gasteiger partial charge in [0.25, 0.3) is 15.5 Å². The van der Waals surface area contributed by atoms with E-state index in [1.807, 2.05) is 0 Å². The minimum Gasteiger partial charge on any atom is -0.282 e. The molecule has 0 unspecified atom stereocenters. The van der Waals surface area contributed by atoms with Crippen LogP contribution in [0, 0.1) is 12.3 Å². The maximum absolute atomic E-state index is 10.8. The summed E-state index contributed by atoms with van der Waals surface area (Å²) in [6, 6.07) is 2.21. The summed E-state index contributed by atoms with van der Waals surface area (Å²) in [5, 5.41) is 11.1. The van der Waals surface area contributed by atoms with Crippen LogP contribution in [0.4, 0.5) is 5.69 Å². The molecule has 0 bridgehead atoms. The van der Waals surface area contributed by atoms with Crippen molar-refractivity contribution in [1.82, 2.24) is 0 Å². The van der Waals surface area contributed by atoms with Gasteiger partial charge in [0.2, 0.25) is 0 Å². The fourth-order valence-electron chi connectivity index (χ4n) is 0.973. The van der Waals surface area contributed by atoms with Crippen molar-refractivity contribution in [2.45, 2.75) is 11.8 Å². The second-order valence-electron chi connectivity index (χ2n) is 2.76. The van der Waals surface area contributed by atoms with Crippen LogP contribution in [0.25, 0.3) is 5.08 Å². The normalized spacial score (nSPS) is 10.8. The highest BCUT2D eigenvalue weighted by atomic mass is 35.5. The lowest BCUT2D eigenvalue weighted by atomic mass is 10.2. The van der Waals surface area contributed by atoms with E-state index < -0.39 is 10.1 Å². The average Bonchev–Trinajstić information content (AvgIpc) is 2.11. The van der Waals surface area contributed by atoms with Gasteiger partial charge < -0.3 is 0 Å². The van der Waals surface area contributed by atoms with Crippen molar-refractivity contribution in [3.8, 4) is 0 Å². The van der Waals surface area contributed by atoms with Crippen molar-refractivity contribution in [2.75, 3.05) is 5.43 Å². The molecule has 8 heteroatoms. The molecule has 0 radical (unpaired) electrons. The molecular formula is C7H7ClN3O3S+. The van der Waals surface area contributed by atoms with Crippen molar-refractivity contribution in [2.24, 2.45) is 0 Å². The lowest BCUT2D eigenvalue weighted by Crippen LogP contribution is -2.00. The Kier molecular flexibility index (Phi) is 3.14. The molecule has 15 heavy (non-hydrogen) atoms. The van der Waals surface area contributed by atoms with Gasteiger partial charge in [-0.3, -0.25) is 4.55 Å². The summed E-state index contributed by atoms with van der Waals surface area (Å²) in [5.74, 6) is 0. The molecule has 1 aromatic rings. The molecule has 1 aromatic carbocycles. The highest BCUT2D eigenvalue weighted by Crippen LogP contribution is 2.27. The van der Waals surface area contributed by atoms with Gasteiger partial charge in [-0.25, -0.2) is 0 Å². The number of nitrogens with one attached hydrogen (secondary N) is 1. The van der Waals surface area contributed by atoms with E-state index in [0.717, 1.165) is 12.1 Å². The number of halogens is 1. The number of hydrogen-bond donors (Lipinski definition) is 2. The van der Waals surface area contributed by atoms with Gasteiger partial charge in [-0.1, -0.05) is 11.6 Å². The molecular weight excluding hydrogens is 242 g/mol. The van der Waals surface area contributed by atoms with Gasteiger partial charge in [0.1, 0.15) is 5.69 Å². The molecule has 0 spiro atoms. The summed E-state index contributed by atoms with van der Waals surface area (Å²) in [7, 11) is -4.33. The summed E-state index contributed by atoms with van der Waals surface area (Å²) >= 11 is 5.72. The molecule has 6 nitrogen and oxygen atoms in total. The topological polar surface area (TPSA) is 94.6 Å². The smallest absolute Gasteiger partial charge is 0.282 e. The van der Waals surface area contributed by atoms with Gasteiger partial charge in [0.15, 0.2) is 0 Å². The van der Waals surface area contributed by atoms with Gasteiger partial charge in [0, 0.05) is 5.02 Å². The number of benzene rings is 1. The van der Waals surface area contributed by atoms with E-state index in [0.29, 0.717) is 5.56 Å². The van der Waals surface area contributed by atoms with Crippen LogP contribution in [0.1, 0.15) is 5.56 Å². The van der Waals surface area contributed by atoms with Crippen molar-refractivity contribution in [3.63, 3.8) is 0 Å². The molecule has 0 heterocycles. The van der Waals surface area contributed by atoms with E-state index in [1.54, 1.807) is 6.92 Å². The average molecular weight is 249 g/mol. The first-order chi connectivity index (χ1) is 6.86. The molecule has 0 saturated carbocycles. The highest BCUT2D eigenvalue weighted by molar-refractivity contribution is 7.85. The largest absolute Gasteiger partial charge is 0.308 e. The molecule has 0 fully saturated rings. The van der Waals surface area contributed by atoms with Crippen LogP contribution < -0.4 is 5.43 Å². The van der Waals surface area contributed by atoms with Crippen LogP contribution in [0.3, 0.4) is 0 Å². The van der Waals surface area contributed by atoms with E-state index in [-0.39, 0.29) is 15.6 Å². The Bertz CT molecular complexity index is 535. The van der Waals surface area contributed by atoms with Crippen molar-refractivity contribution in [1.29, 1.82) is 5.39 Å². The molecule has 0 saturated heterocycles. The van der Waals surface area contributed by atoms with E-state index in [2.05, 4.69) is 10.5 Å². The van der Waals surface area contributed by atoms with Crippen LogP contribution in [0.2, 0.25) is 5.02 Å². The molecule has 80 valence electrons. The zero-order valence-electron chi connectivity index (χ0n) is 7.60. The quantitative estimate of drug-likeness (QED) is 0.475. The lowest BCUT2D eigenvalue weighted by molar-refractivity contribution is 0.483. The molecule has 0 aliphatic rings. The van der Waals surface area contributed by atoms with Gasteiger partial charge in [-0.15, -0.1) is 0 Å². The highest BCUT2D eigenvalue weighted by Gasteiger charge is 2.16. The zero-order chi connectivity index (χ0) is 11.6. The Morgan fingerprint density at radius 2 is 2.13 bits per heavy atom. The van der Waals surface area contributed by atoms with E-state index in [9.17, 15) is 8.42 Å².